The van der Waals surface area contributed by atoms with Gasteiger partial charge in [0.05, 0.1) is 6.54 Å². The number of carboxylic acids is 1. The van der Waals surface area contributed by atoms with Gasteiger partial charge in [0.2, 0.25) is 5.88 Å². The van der Waals surface area contributed by atoms with Crippen molar-refractivity contribution in [3.63, 3.8) is 0 Å². The predicted octanol–water partition coefficient (Wildman–Crippen LogP) is 3.84. The Morgan fingerprint density at radius 1 is 1.30 bits per heavy atom. The molecule has 144 valence electrons. The third-order valence-electron chi connectivity index (χ3n) is 4.13. The highest BCUT2D eigenvalue weighted by molar-refractivity contribution is 9.10. The number of hydrogen-bond donors (Lipinski definition) is 1. The maximum atomic E-state index is 12.4. The first-order chi connectivity index (χ1) is 12.6. The molecule has 2 aromatic rings. The molecule has 2 heterocycles. The molecule has 1 aromatic carbocycles. The molecule has 1 aliphatic rings. The molecule has 8 heteroatoms. The Morgan fingerprint density at radius 2 is 2.00 bits per heavy atom. The van der Waals surface area contributed by atoms with Crippen molar-refractivity contribution >= 4 is 38.8 Å². The summed E-state index contributed by atoms with van der Waals surface area (Å²) in [4.78, 5) is 29.6. The number of halogens is 1. The number of ether oxygens (including phenoxy) is 2. The second kappa shape index (κ2) is 7.34. The Morgan fingerprint density at radius 3 is 2.67 bits per heavy atom. The number of hydrogen-bond acceptors (Lipinski definition) is 5. The zero-order valence-corrected chi connectivity index (χ0v) is 16.9. The molecule has 0 aliphatic carbocycles. The predicted molar refractivity (Wildman–Crippen MR) is 103 cm³/mol. The zero-order valence-electron chi connectivity index (χ0n) is 15.3. The fraction of sp³-hybridized carbons (Fsp3) is 0.421. The van der Waals surface area contributed by atoms with Gasteiger partial charge in [-0.3, -0.25) is 4.90 Å². The molecule has 0 saturated carbocycles. The van der Waals surface area contributed by atoms with Gasteiger partial charge in [-0.05, 0) is 54.2 Å². The van der Waals surface area contributed by atoms with E-state index in [1.165, 1.54) is 4.90 Å². The Balaban J connectivity index is 1.83. The lowest BCUT2D eigenvalue weighted by Gasteiger charge is -2.26. The third-order valence-corrected chi connectivity index (χ3v) is 4.53. The van der Waals surface area contributed by atoms with Crippen molar-refractivity contribution in [1.82, 2.24) is 9.88 Å². The van der Waals surface area contributed by atoms with Crippen molar-refractivity contribution in [3.8, 4) is 5.88 Å². The molecule has 0 unspecified atom stereocenters. The van der Waals surface area contributed by atoms with E-state index in [0.29, 0.717) is 10.5 Å². The van der Waals surface area contributed by atoms with E-state index < -0.39 is 29.8 Å². The van der Waals surface area contributed by atoms with Crippen molar-refractivity contribution in [2.45, 2.75) is 44.9 Å². The second-order valence-corrected chi connectivity index (χ2v) is 8.25. The smallest absolute Gasteiger partial charge is 0.411 e. The number of rotatable bonds is 3. The lowest BCUT2D eigenvalue weighted by molar-refractivity contribution is -0.142. The van der Waals surface area contributed by atoms with Crippen LogP contribution in [0.15, 0.2) is 34.9 Å². The molecule has 1 saturated heterocycles. The van der Waals surface area contributed by atoms with Gasteiger partial charge in [-0.1, -0.05) is 18.2 Å². The molecular weight excluding hydrogens is 416 g/mol. The van der Waals surface area contributed by atoms with Crippen LogP contribution in [-0.2, 0) is 9.53 Å². The van der Waals surface area contributed by atoms with Gasteiger partial charge in [-0.2, -0.15) is 0 Å². The third kappa shape index (κ3) is 4.50. The number of aliphatic carboxylic acids is 1. The minimum atomic E-state index is -1.08. The molecule has 1 aromatic heterocycles. The Labute approximate surface area is 165 Å². The number of benzene rings is 1. The standard InChI is InChI=1S/C19H21BrN2O5/c1-19(2,3)27-18(25)22-10-12(9-14(22)17(23)24)26-16-13-7-5-4-6-11(13)8-15(20)21-16/h4-8,12,14H,9-10H2,1-3H3,(H,23,24)/t12-,14+/m1/s1. The van der Waals surface area contributed by atoms with Crippen molar-refractivity contribution in [2.24, 2.45) is 0 Å². The van der Waals surface area contributed by atoms with Crippen molar-refractivity contribution in [3.05, 3.63) is 34.9 Å². The number of carboxylic acid groups (broad SMARTS) is 1. The summed E-state index contributed by atoms with van der Waals surface area (Å²) in [5.74, 6) is -0.681. The second-order valence-electron chi connectivity index (χ2n) is 7.43. The van der Waals surface area contributed by atoms with Gasteiger partial charge in [-0.25, -0.2) is 14.6 Å². The highest BCUT2D eigenvalue weighted by atomic mass is 79.9. The summed E-state index contributed by atoms with van der Waals surface area (Å²) >= 11 is 3.37. The highest BCUT2D eigenvalue weighted by Gasteiger charge is 2.43. The molecule has 0 spiro atoms. The summed E-state index contributed by atoms with van der Waals surface area (Å²) in [6.07, 6.45) is -0.992. The van der Waals surface area contributed by atoms with Crippen LogP contribution < -0.4 is 4.74 Å². The number of carbonyl (C=O) groups excluding carboxylic acids is 1. The minimum Gasteiger partial charge on any atom is -0.480 e. The molecule has 1 aliphatic heterocycles. The van der Waals surface area contributed by atoms with Crippen LogP contribution in [0.3, 0.4) is 0 Å². The normalized spacial score (nSPS) is 19.9. The van der Waals surface area contributed by atoms with Crippen molar-refractivity contribution in [2.75, 3.05) is 6.54 Å². The lowest BCUT2D eigenvalue weighted by atomic mass is 10.1. The topological polar surface area (TPSA) is 89.0 Å². The summed E-state index contributed by atoms with van der Waals surface area (Å²) in [5, 5.41) is 11.3. The van der Waals surface area contributed by atoms with Crippen molar-refractivity contribution < 1.29 is 24.2 Å². The summed E-state index contributed by atoms with van der Waals surface area (Å²) in [5.41, 5.74) is -0.707. The van der Waals surface area contributed by atoms with E-state index in [-0.39, 0.29) is 13.0 Å². The van der Waals surface area contributed by atoms with Crippen LogP contribution >= 0.6 is 15.9 Å². The van der Waals surface area contributed by atoms with Gasteiger partial charge in [0.15, 0.2) is 0 Å². The largest absolute Gasteiger partial charge is 0.480 e. The molecule has 27 heavy (non-hydrogen) atoms. The van der Waals surface area contributed by atoms with Gasteiger partial charge < -0.3 is 14.6 Å². The van der Waals surface area contributed by atoms with Crippen LogP contribution in [-0.4, -0.2) is 51.3 Å². The monoisotopic (exact) mass is 436 g/mol. The number of pyridine rings is 1. The summed E-state index contributed by atoms with van der Waals surface area (Å²) in [7, 11) is 0. The SMILES string of the molecule is CC(C)(C)OC(=O)N1C[C@H](Oc2nc(Br)cc3ccccc23)C[C@H]1C(=O)O. The first-order valence-electron chi connectivity index (χ1n) is 8.58. The molecule has 7 nitrogen and oxygen atoms in total. The fourth-order valence-corrected chi connectivity index (χ4v) is 3.43. The van der Waals surface area contributed by atoms with Crippen LogP contribution in [0, 0.1) is 0 Å². The van der Waals surface area contributed by atoms with E-state index in [4.69, 9.17) is 9.47 Å². The summed E-state index contributed by atoms with van der Waals surface area (Å²) < 4.78 is 12.0. The van der Waals surface area contributed by atoms with Gasteiger partial charge in [0.1, 0.15) is 22.4 Å². The van der Waals surface area contributed by atoms with Crippen molar-refractivity contribution in [1.29, 1.82) is 0 Å². The average molecular weight is 437 g/mol. The molecule has 2 atom stereocenters. The zero-order chi connectivity index (χ0) is 19.8. The Kier molecular flexibility index (Phi) is 5.28. The number of carbonyl (C=O) groups is 2. The quantitative estimate of drug-likeness (QED) is 0.735. The van der Waals surface area contributed by atoms with Crippen LogP contribution in [0.25, 0.3) is 10.8 Å². The average Bonchev–Trinajstić information content (AvgIpc) is 2.97. The van der Waals surface area contributed by atoms with Crippen LogP contribution in [0.4, 0.5) is 4.79 Å². The van der Waals surface area contributed by atoms with E-state index in [1.807, 2.05) is 30.3 Å². The molecule has 0 bridgehead atoms. The van der Waals surface area contributed by atoms with Gasteiger partial charge in [0, 0.05) is 11.8 Å². The van der Waals surface area contributed by atoms with Gasteiger partial charge in [0.25, 0.3) is 0 Å². The van der Waals surface area contributed by atoms with Gasteiger partial charge >= 0.3 is 12.1 Å². The van der Waals surface area contributed by atoms with Crippen LogP contribution in [0.1, 0.15) is 27.2 Å². The number of aromatic nitrogens is 1. The molecule has 1 N–H and O–H groups in total. The number of nitrogens with zero attached hydrogens (tertiary/aromatic N) is 2. The first-order valence-corrected chi connectivity index (χ1v) is 9.38. The first kappa shape index (κ1) is 19.4. The summed E-state index contributed by atoms with van der Waals surface area (Å²) in [6.45, 7) is 5.33. The number of amides is 1. The van der Waals surface area contributed by atoms with E-state index >= 15 is 0 Å². The Bertz CT molecular complexity index is 880. The van der Waals surface area contributed by atoms with E-state index in [2.05, 4.69) is 20.9 Å². The van der Waals surface area contributed by atoms with E-state index in [0.717, 1.165) is 10.8 Å². The van der Waals surface area contributed by atoms with Crippen LogP contribution in [0.5, 0.6) is 5.88 Å². The Hall–Kier alpha value is -2.35. The van der Waals surface area contributed by atoms with E-state index in [9.17, 15) is 14.7 Å². The molecular formula is C19H21BrN2O5. The fourth-order valence-electron chi connectivity index (χ4n) is 3.02. The maximum absolute atomic E-state index is 12.4. The molecule has 3 rings (SSSR count). The molecule has 0 radical (unpaired) electrons. The minimum absolute atomic E-state index is 0.119. The maximum Gasteiger partial charge on any atom is 0.411 e. The molecule has 1 fully saturated rings. The highest BCUT2D eigenvalue weighted by Crippen LogP contribution is 2.30. The van der Waals surface area contributed by atoms with Gasteiger partial charge in [-0.15, -0.1) is 0 Å². The lowest BCUT2D eigenvalue weighted by Crippen LogP contribution is -2.43. The number of fused-ring (bicyclic) bond motifs is 1. The summed E-state index contributed by atoms with van der Waals surface area (Å²) in [6, 6.07) is 8.51. The number of likely N-dealkylation sites (tertiary alicyclic amines) is 1. The molecule has 1 amide bonds. The van der Waals surface area contributed by atoms with Crippen LogP contribution in [0.2, 0.25) is 0 Å². The van der Waals surface area contributed by atoms with E-state index in [1.54, 1.807) is 20.8 Å².